The lowest BCUT2D eigenvalue weighted by Crippen LogP contribution is -2.42. The van der Waals surface area contributed by atoms with Crippen LogP contribution in [0.15, 0.2) is 82.6 Å². The van der Waals surface area contributed by atoms with Gasteiger partial charge in [-0.3, -0.25) is 0 Å². The summed E-state index contributed by atoms with van der Waals surface area (Å²) in [5.41, 5.74) is 12.8. The van der Waals surface area contributed by atoms with Crippen molar-refractivity contribution >= 4 is 42.9 Å². The third-order valence-electron chi connectivity index (χ3n) is 7.57. The van der Waals surface area contributed by atoms with E-state index in [1.165, 1.54) is 32.0 Å². The van der Waals surface area contributed by atoms with E-state index in [0.29, 0.717) is 11.1 Å². The van der Waals surface area contributed by atoms with E-state index in [-0.39, 0.29) is 0 Å². The third kappa shape index (κ3) is 3.37. The summed E-state index contributed by atoms with van der Waals surface area (Å²) < 4.78 is 0. The van der Waals surface area contributed by atoms with Gasteiger partial charge in [-0.25, -0.2) is 0 Å². The van der Waals surface area contributed by atoms with E-state index < -0.39 is 8.07 Å². The molecule has 0 spiro atoms. The Balaban J connectivity index is 1.45. The van der Waals surface area contributed by atoms with Gasteiger partial charge in [0.1, 0.15) is 0 Å². The van der Waals surface area contributed by atoms with Crippen LogP contribution in [0.3, 0.4) is 0 Å². The molecule has 33 heavy (non-hydrogen) atoms. The van der Waals surface area contributed by atoms with Crippen molar-refractivity contribution in [3.05, 3.63) is 105 Å². The van der Waals surface area contributed by atoms with Crippen LogP contribution in [0.25, 0.3) is 33.0 Å². The molecule has 6 rings (SSSR count). The average Bonchev–Trinajstić information content (AvgIpc) is 3.56. The van der Waals surface area contributed by atoms with E-state index in [1.54, 1.807) is 22.3 Å². The second-order valence-electron chi connectivity index (χ2n) is 10.1. The molecule has 2 aromatic carbocycles. The van der Waals surface area contributed by atoms with Crippen LogP contribution in [-0.4, -0.2) is 8.07 Å². The molecule has 2 atom stereocenters. The second kappa shape index (κ2) is 7.80. The number of thiophene rings is 2. The minimum atomic E-state index is -1.81. The molecular formula is C30H28S2Si. The van der Waals surface area contributed by atoms with E-state index in [0.717, 1.165) is 0 Å². The van der Waals surface area contributed by atoms with Crippen LogP contribution >= 0.6 is 22.7 Å². The standard InChI is InChI=1S/C30H28S2Si/c1-19-15-21-9-11-23(27-7-5-13-31-27)17-25(21)29(19)33(3,4)30-20(2)16-22-10-12-24(18-26(22)30)28-8-6-14-32-28/h5-18,29-30H,1-4H3. The van der Waals surface area contributed by atoms with Crippen LogP contribution in [0, 0.1) is 0 Å². The molecule has 0 saturated carbocycles. The topological polar surface area (TPSA) is 0 Å². The minimum Gasteiger partial charge on any atom is -0.144 e. The van der Waals surface area contributed by atoms with E-state index in [9.17, 15) is 0 Å². The zero-order valence-corrected chi connectivity index (χ0v) is 22.2. The third-order valence-corrected chi connectivity index (χ3v) is 13.9. The molecule has 3 heteroatoms. The van der Waals surface area contributed by atoms with Crippen molar-refractivity contribution in [1.82, 2.24) is 0 Å². The normalized spacial score (nSPS) is 19.3. The van der Waals surface area contributed by atoms with Crippen molar-refractivity contribution in [2.24, 2.45) is 0 Å². The molecule has 2 aliphatic carbocycles. The van der Waals surface area contributed by atoms with E-state index >= 15 is 0 Å². The largest absolute Gasteiger partial charge is 0.144 e. The van der Waals surface area contributed by atoms with Crippen molar-refractivity contribution in [2.75, 3.05) is 0 Å². The summed E-state index contributed by atoms with van der Waals surface area (Å²) in [6.07, 6.45) is 4.90. The number of hydrogen-bond donors (Lipinski definition) is 0. The molecule has 0 amide bonds. The van der Waals surface area contributed by atoms with Crippen LogP contribution in [0.1, 0.15) is 47.2 Å². The van der Waals surface area contributed by atoms with Crippen molar-refractivity contribution in [3.63, 3.8) is 0 Å². The highest BCUT2D eigenvalue weighted by molar-refractivity contribution is 7.13. The number of rotatable bonds is 4. The second-order valence-corrected chi connectivity index (χ2v) is 16.8. The molecule has 4 aromatic rings. The Morgan fingerprint density at radius 2 is 1.09 bits per heavy atom. The van der Waals surface area contributed by atoms with Crippen molar-refractivity contribution in [1.29, 1.82) is 0 Å². The van der Waals surface area contributed by atoms with Gasteiger partial charge in [0.05, 0.1) is 8.07 Å². The van der Waals surface area contributed by atoms with Gasteiger partial charge in [-0.15, -0.1) is 22.7 Å². The average molecular weight is 481 g/mol. The Morgan fingerprint density at radius 3 is 1.48 bits per heavy atom. The van der Waals surface area contributed by atoms with Gasteiger partial charge in [0.2, 0.25) is 0 Å². The smallest absolute Gasteiger partial charge is 0.0722 e. The Morgan fingerprint density at radius 1 is 0.636 bits per heavy atom. The first-order valence-corrected chi connectivity index (χ1v) is 16.6. The van der Waals surface area contributed by atoms with Gasteiger partial charge in [0, 0.05) is 20.8 Å². The van der Waals surface area contributed by atoms with Crippen molar-refractivity contribution in [2.45, 2.75) is 38.0 Å². The highest BCUT2D eigenvalue weighted by atomic mass is 32.1. The molecule has 2 unspecified atom stereocenters. The lowest BCUT2D eigenvalue weighted by atomic mass is 10.0. The maximum absolute atomic E-state index is 2.62. The Bertz CT molecular complexity index is 1290. The molecule has 2 aromatic heterocycles. The highest BCUT2D eigenvalue weighted by Gasteiger charge is 2.46. The maximum atomic E-state index is 2.62. The quantitative estimate of drug-likeness (QED) is 0.255. The fourth-order valence-electron chi connectivity index (χ4n) is 6.39. The Labute approximate surface area is 206 Å². The van der Waals surface area contributed by atoms with Crippen LogP contribution in [0.4, 0.5) is 0 Å². The fraction of sp³-hybridized carbons (Fsp3) is 0.200. The zero-order chi connectivity index (χ0) is 22.7. The lowest BCUT2D eigenvalue weighted by Gasteiger charge is -2.39. The molecular weight excluding hydrogens is 453 g/mol. The maximum Gasteiger partial charge on any atom is 0.0722 e. The first kappa shape index (κ1) is 21.1. The molecule has 0 saturated heterocycles. The highest BCUT2D eigenvalue weighted by Crippen LogP contribution is 2.53. The van der Waals surface area contributed by atoms with Gasteiger partial charge in [0.15, 0.2) is 0 Å². The lowest BCUT2D eigenvalue weighted by molar-refractivity contribution is 0.969. The number of hydrogen-bond acceptors (Lipinski definition) is 2. The SMILES string of the molecule is CC1=Cc2ccc(-c3cccs3)cc2C1[Si](C)(C)C1C(C)=Cc2ccc(-c3cccs3)cc21. The predicted molar refractivity (Wildman–Crippen MR) is 150 cm³/mol. The first-order chi connectivity index (χ1) is 15.9. The minimum absolute atomic E-state index is 0.539. The summed E-state index contributed by atoms with van der Waals surface area (Å²) in [5, 5.41) is 4.36. The molecule has 2 heterocycles. The Kier molecular flexibility index (Phi) is 4.99. The predicted octanol–water partition coefficient (Wildman–Crippen LogP) is 9.63. The van der Waals surface area contributed by atoms with Gasteiger partial charge in [-0.2, -0.15) is 0 Å². The van der Waals surface area contributed by atoms with E-state index in [4.69, 9.17) is 0 Å². The molecule has 0 aliphatic heterocycles. The van der Waals surface area contributed by atoms with Crippen molar-refractivity contribution in [3.8, 4) is 20.9 Å². The molecule has 2 aliphatic rings. The molecule has 0 fully saturated rings. The summed E-state index contributed by atoms with van der Waals surface area (Å²) in [6.45, 7) is 9.97. The summed E-state index contributed by atoms with van der Waals surface area (Å²) in [6, 6.07) is 23.1. The zero-order valence-electron chi connectivity index (χ0n) is 19.6. The van der Waals surface area contributed by atoms with Crippen molar-refractivity contribution < 1.29 is 0 Å². The van der Waals surface area contributed by atoms with Crippen LogP contribution < -0.4 is 0 Å². The van der Waals surface area contributed by atoms with Gasteiger partial charge < -0.3 is 0 Å². The molecule has 0 nitrogen and oxygen atoms in total. The molecule has 0 radical (unpaired) electrons. The van der Waals surface area contributed by atoms with Gasteiger partial charge in [-0.05, 0) is 82.3 Å². The number of fused-ring (bicyclic) bond motifs is 2. The van der Waals surface area contributed by atoms with E-state index in [1.807, 2.05) is 22.7 Å². The number of benzene rings is 2. The summed E-state index contributed by atoms with van der Waals surface area (Å²) in [5.74, 6) is 0. The van der Waals surface area contributed by atoms with Crippen LogP contribution in [0.5, 0.6) is 0 Å². The van der Waals surface area contributed by atoms with Crippen LogP contribution in [0.2, 0.25) is 13.1 Å². The van der Waals surface area contributed by atoms with Gasteiger partial charge in [0.25, 0.3) is 0 Å². The summed E-state index contributed by atoms with van der Waals surface area (Å²) in [4.78, 5) is 2.73. The Hall–Kier alpha value is -2.46. The molecule has 0 bridgehead atoms. The van der Waals surface area contributed by atoms with Crippen LogP contribution in [-0.2, 0) is 0 Å². The fourth-order valence-corrected chi connectivity index (χ4v) is 12.8. The molecule has 164 valence electrons. The summed E-state index contributed by atoms with van der Waals surface area (Å²) >= 11 is 3.67. The van der Waals surface area contributed by atoms with E-state index in [2.05, 4.69) is 111 Å². The monoisotopic (exact) mass is 480 g/mol. The first-order valence-electron chi connectivity index (χ1n) is 11.7. The van der Waals surface area contributed by atoms with Gasteiger partial charge >= 0.3 is 0 Å². The number of allylic oxidation sites excluding steroid dienone is 2. The molecule has 0 N–H and O–H groups in total. The van der Waals surface area contributed by atoms with Gasteiger partial charge in [-0.1, -0.05) is 72.8 Å². The summed E-state index contributed by atoms with van der Waals surface area (Å²) in [7, 11) is -1.81.